The Morgan fingerprint density at radius 1 is 0.875 bits per heavy atom. The van der Waals surface area contributed by atoms with Crippen molar-refractivity contribution < 1.29 is 23.1 Å². The van der Waals surface area contributed by atoms with Gasteiger partial charge in [-0.25, -0.2) is 0 Å². The summed E-state index contributed by atoms with van der Waals surface area (Å²) in [5.41, 5.74) is 0.316. The van der Waals surface area contributed by atoms with E-state index in [1.54, 1.807) is 12.1 Å². The minimum absolute atomic E-state index is 0.0908. The van der Waals surface area contributed by atoms with Crippen LogP contribution < -0.4 is 0 Å². The van der Waals surface area contributed by atoms with E-state index in [4.69, 9.17) is 0 Å². The molecule has 0 bridgehead atoms. The highest BCUT2D eigenvalue weighted by atomic mass is 19.4. The molecule has 3 unspecified atom stereocenters. The molecule has 3 aliphatic carbocycles. The van der Waals surface area contributed by atoms with Crippen LogP contribution in [0.1, 0.15) is 87.7 Å². The number of nitrogens with zero attached hydrogens (tertiary/aromatic N) is 1. The highest BCUT2D eigenvalue weighted by Gasteiger charge is 2.38. The normalized spacial score (nSPS) is 27.6. The van der Waals surface area contributed by atoms with E-state index in [2.05, 4.69) is 4.90 Å². The minimum atomic E-state index is -4.34. The summed E-state index contributed by atoms with van der Waals surface area (Å²) in [6, 6.07) is 5.96. The van der Waals surface area contributed by atoms with Gasteiger partial charge in [-0.1, -0.05) is 31.4 Å². The average Bonchev–Trinajstić information content (AvgIpc) is 3.22. The number of hydrogen-bond donors (Lipinski definition) is 1. The smallest absolute Gasteiger partial charge is 0.416 e. The lowest BCUT2D eigenvalue weighted by molar-refractivity contribution is -0.139. The second kappa shape index (κ2) is 10.1. The van der Waals surface area contributed by atoms with Crippen LogP contribution in [0, 0.1) is 17.8 Å². The summed E-state index contributed by atoms with van der Waals surface area (Å²) in [5.74, 6) is 0.864. The van der Waals surface area contributed by atoms with Gasteiger partial charge in [0.15, 0.2) is 0 Å². The fraction of sp³-hybridized carbons (Fsp3) is 0.731. The largest absolute Gasteiger partial charge is 0.481 e. The number of rotatable bonds is 8. The van der Waals surface area contributed by atoms with Crippen molar-refractivity contribution in [3.8, 4) is 0 Å². The Labute approximate surface area is 189 Å². The summed E-state index contributed by atoms with van der Waals surface area (Å²) in [4.78, 5) is 14.0. The van der Waals surface area contributed by atoms with Crippen LogP contribution >= 0.6 is 0 Å². The van der Waals surface area contributed by atoms with E-state index in [9.17, 15) is 23.1 Å². The third-order valence-corrected chi connectivity index (χ3v) is 8.21. The zero-order valence-corrected chi connectivity index (χ0v) is 18.8. The molecule has 6 heteroatoms. The highest BCUT2D eigenvalue weighted by molar-refractivity contribution is 5.67. The molecule has 3 fully saturated rings. The highest BCUT2D eigenvalue weighted by Crippen LogP contribution is 2.43. The van der Waals surface area contributed by atoms with Crippen molar-refractivity contribution in [3.05, 3.63) is 35.4 Å². The molecule has 0 amide bonds. The van der Waals surface area contributed by atoms with Gasteiger partial charge in [0.05, 0.1) is 5.56 Å². The van der Waals surface area contributed by atoms with Gasteiger partial charge in [-0.15, -0.1) is 0 Å². The summed E-state index contributed by atoms with van der Waals surface area (Å²) < 4.78 is 39.3. The Hall–Kier alpha value is -1.56. The summed E-state index contributed by atoms with van der Waals surface area (Å²) in [6.07, 6.45) is 7.39. The molecule has 4 rings (SSSR count). The molecular formula is C26H36F3NO2. The molecule has 3 saturated carbocycles. The fourth-order valence-electron chi connectivity index (χ4n) is 6.27. The van der Waals surface area contributed by atoms with E-state index in [0.29, 0.717) is 0 Å². The summed E-state index contributed by atoms with van der Waals surface area (Å²) in [6.45, 7) is 2.17. The molecule has 0 saturated heterocycles. The van der Waals surface area contributed by atoms with E-state index in [1.807, 2.05) is 0 Å². The third kappa shape index (κ3) is 5.86. The predicted octanol–water partition coefficient (Wildman–Crippen LogP) is 6.72. The van der Waals surface area contributed by atoms with Crippen LogP contribution in [0.5, 0.6) is 0 Å². The maximum atomic E-state index is 13.1. The Bertz CT molecular complexity index is 753. The van der Waals surface area contributed by atoms with Crippen LogP contribution in [0.3, 0.4) is 0 Å². The number of alkyl halides is 3. The SMILES string of the molecule is O=C(O)CC1CCC(N(CC2CCCC2)CC2CCC2)C(c2ccc(C(F)(F)F)cc2)C1. The number of halogens is 3. The lowest BCUT2D eigenvalue weighted by atomic mass is 9.72. The molecule has 0 aromatic heterocycles. The molecule has 0 spiro atoms. The lowest BCUT2D eigenvalue weighted by Crippen LogP contribution is -2.47. The fourth-order valence-corrected chi connectivity index (χ4v) is 6.27. The predicted molar refractivity (Wildman–Crippen MR) is 118 cm³/mol. The molecule has 0 heterocycles. The van der Waals surface area contributed by atoms with E-state index < -0.39 is 17.7 Å². The van der Waals surface area contributed by atoms with E-state index in [1.165, 1.54) is 57.1 Å². The number of aliphatic carboxylic acids is 1. The first-order valence-electron chi connectivity index (χ1n) is 12.4. The number of benzene rings is 1. The van der Waals surface area contributed by atoms with E-state index >= 15 is 0 Å². The number of carbonyl (C=O) groups is 1. The molecule has 3 nitrogen and oxygen atoms in total. The van der Waals surface area contributed by atoms with Gasteiger partial charge in [0, 0.05) is 25.6 Å². The first-order chi connectivity index (χ1) is 15.3. The van der Waals surface area contributed by atoms with Crippen molar-refractivity contribution in [1.82, 2.24) is 4.90 Å². The summed E-state index contributed by atoms with van der Waals surface area (Å²) >= 11 is 0. The molecule has 1 N–H and O–H groups in total. The Kier molecular flexibility index (Phi) is 7.48. The first-order valence-corrected chi connectivity index (χ1v) is 12.4. The third-order valence-electron chi connectivity index (χ3n) is 8.21. The number of carboxylic acids is 1. The van der Waals surface area contributed by atoms with Crippen molar-refractivity contribution >= 4 is 5.97 Å². The van der Waals surface area contributed by atoms with Crippen LogP contribution in [0.15, 0.2) is 24.3 Å². The standard InChI is InChI=1S/C26H36F3NO2/c27-26(28,29)22-11-9-21(10-12-22)23-14-20(15-25(31)32)8-13-24(23)30(17-19-6-3-7-19)16-18-4-1-2-5-18/h9-12,18-20,23-24H,1-8,13-17H2,(H,31,32). The minimum Gasteiger partial charge on any atom is -0.481 e. The molecule has 0 radical (unpaired) electrons. The Balaban J connectivity index is 1.57. The molecule has 3 atom stereocenters. The van der Waals surface area contributed by atoms with Crippen molar-refractivity contribution in [2.75, 3.05) is 13.1 Å². The van der Waals surface area contributed by atoms with Gasteiger partial charge < -0.3 is 5.11 Å². The monoisotopic (exact) mass is 451 g/mol. The summed E-state index contributed by atoms with van der Waals surface area (Å²) in [7, 11) is 0. The van der Waals surface area contributed by atoms with Gasteiger partial charge >= 0.3 is 12.1 Å². The van der Waals surface area contributed by atoms with Gasteiger partial charge in [0.25, 0.3) is 0 Å². The van der Waals surface area contributed by atoms with Gasteiger partial charge in [0.1, 0.15) is 0 Å². The zero-order chi connectivity index (χ0) is 22.7. The van der Waals surface area contributed by atoms with E-state index in [0.717, 1.165) is 49.8 Å². The second-order valence-corrected chi connectivity index (χ2v) is 10.5. The molecule has 1 aromatic rings. The maximum absolute atomic E-state index is 13.1. The molecule has 1 aromatic carbocycles. The summed E-state index contributed by atoms with van der Waals surface area (Å²) in [5, 5.41) is 9.34. The quantitative estimate of drug-likeness (QED) is 0.477. The number of hydrogen-bond acceptors (Lipinski definition) is 2. The average molecular weight is 452 g/mol. The van der Waals surface area contributed by atoms with Crippen molar-refractivity contribution in [2.45, 2.75) is 88.8 Å². The lowest BCUT2D eigenvalue weighted by Gasteiger charge is -2.46. The topological polar surface area (TPSA) is 40.5 Å². The van der Waals surface area contributed by atoms with Crippen LogP contribution in [0.2, 0.25) is 0 Å². The zero-order valence-electron chi connectivity index (χ0n) is 18.8. The van der Waals surface area contributed by atoms with Gasteiger partial charge in [-0.05, 0) is 86.3 Å². The first kappa shape index (κ1) is 23.6. The maximum Gasteiger partial charge on any atom is 0.416 e. The van der Waals surface area contributed by atoms with E-state index in [-0.39, 0.29) is 24.3 Å². The molecule has 0 aliphatic heterocycles. The van der Waals surface area contributed by atoms with Gasteiger partial charge in [-0.2, -0.15) is 13.2 Å². The number of carboxylic acid groups (broad SMARTS) is 1. The van der Waals surface area contributed by atoms with Crippen LogP contribution in [0.4, 0.5) is 13.2 Å². The molecular weight excluding hydrogens is 415 g/mol. The molecule has 3 aliphatic rings. The van der Waals surface area contributed by atoms with Crippen molar-refractivity contribution in [3.63, 3.8) is 0 Å². The second-order valence-electron chi connectivity index (χ2n) is 10.5. The Morgan fingerprint density at radius 2 is 1.47 bits per heavy atom. The van der Waals surface area contributed by atoms with Crippen LogP contribution in [-0.2, 0) is 11.0 Å². The van der Waals surface area contributed by atoms with Crippen molar-refractivity contribution in [2.24, 2.45) is 17.8 Å². The van der Waals surface area contributed by atoms with Crippen LogP contribution in [-0.4, -0.2) is 35.1 Å². The Morgan fingerprint density at radius 3 is 1.97 bits per heavy atom. The molecule has 32 heavy (non-hydrogen) atoms. The molecule has 178 valence electrons. The van der Waals surface area contributed by atoms with Gasteiger partial charge in [-0.3, -0.25) is 9.69 Å². The van der Waals surface area contributed by atoms with Gasteiger partial charge in [0.2, 0.25) is 0 Å². The van der Waals surface area contributed by atoms with Crippen molar-refractivity contribution in [1.29, 1.82) is 0 Å². The van der Waals surface area contributed by atoms with Crippen LogP contribution in [0.25, 0.3) is 0 Å².